The molecule has 2 aromatic carbocycles. The Hall–Kier alpha value is -3.32. The maximum Gasteiger partial charge on any atom is 0.191 e. The number of ether oxygens (including phenoxy) is 2. The number of guanidine groups is 1. The van der Waals surface area contributed by atoms with Crippen LogP contribution in [0, 0.1) is 6.92 Å². The smallest absolute Gasteiger partial charge is 0.191 e. The zero-order valence-corrected chi connectivity index (χ0v) is 19.5. The van der Waals surface area contributed by atoms with E-state index in [1.165, 1.54) is 16.7 Å². The van der Waals surface area contributed by atoms with Gasteiger partial charge in [-0.15, -0.1) is 0 Å². The van der Waals surface area contributed by atoms with E-state index in [-0.39, 0.29) is 6.10 Å². The number of benzene rings is 2. The summed E-state index contributed by atoms with van der Waals surface area (Å²) in [5.41, 5.74) is 4.72. The Balaban J connectivity index is 1.34. The third-order valence-corrected chi connectivity index (χ3v) is 5.80. The molecule has 174 valence electrons. The van der Waals surface area contributed by atoms with Gasteiger partial charge in [-0.05, 0) is 48.6 Å². The first kappa shape index (κ1) is 22.9. The highest BCUT2D eigenvalue weighted by Crippen LogP contribution is 2.22. The summed E-state index contributed by atoms with van der Waals surface area (Å²) in [4.78, 5) is 4.40. The molecule has 4 rings (SSSR count). The summed E-state index contributed by atoms with van der Waals surface area (Å²) in [6, 6.07) is 16.6. The van der Waals surface area contributed by atoms with Gasteiger partial charge < -0.3 is 20.1 Å². The fourth-order valence-corrected chi connectivity index (χ4v) is 3.93. The van der Waals surface area contributed by atoms with Crippen LogP contribution in [0.2, 0.25) is 0 Å². The molecule has 0 saturated carbocycles. The Bertz CT molecular complexity index is 1040. The van der Waals surface area contributed by atoms with Crippen LogP contribution in [0.25, 0.3) is 0 Å². The molecule has 0 radical (unpaired) electrons. The van der Waals surface area contributed by atoms with Gasteiger partial charge in [-0.25, -0.2) is 0 Å². The highest BCUT2D eigenvalue weighted by Gasteiger charge is 2.17. The topological polar surface area (TPSA) is 72.7 Å². The summed E-state index contributed by atoms with van der Waals surface area (Å²) in [5.74, 6) is 1.65. The van der Waals surface area contributed by atoms with E-state index < -0.39 is 0 Å². The minimum atomic E-state index is 0.197. The van der Waals surface area contributed by atoms with E-state index in [1.807, 2.05) is 16.9 Å². The second kappa shape index (κ2) is 11.5. The van der Waals surface area contributed by atoms with E-state index >= 15 is 0 Å². The van der Waals surface area contributed by atoms with Crippen LogP contribution in [0.1, 0.15) is 35.1 Å². The van der Waals surface area contributed by atoms with Crippen LogP contribution >= 0.6 is 0 Å². The molecular weight excluding hydrogens is 414 g/mol. The third kappa shape index (κ3) is 6.58. The van der Waals surface area contributed by atoms with Gasteiger partial charge in [0.1, 0.15) is 12.4 Å². The number of hydrogen-bond donors (Lipinski definition) is 2. The lowest BCUT2D eigenvalue weighted by Crippen LogP contribution is -2.36. The molecule has 1 fully saturated rings. The molecule has 1 aromatic heterocycles. The molecule has 0 bridgehead atoms. The van der Waals surface area contributed by atoms with Crippen molar-refractivity contribution in [1.82, 2.24) is 20.4 Å². The Labute approximate surface area is 195 Å². The minimum Gasteiger partial charge on any atom is -0.491 e. The first-order valence-electron chi connectivity index (χ1n) is 11.5. The lowest BCUT2D eigenvalue weighted by Gasteiger charge is -2.17. The Kier molecular flexibility index (Phi) is 7.98. The molecular formula is C26H33N5O2. The fourth-order valence-electron chi connectivity index (χ4n) is 3.93. The Morgan fingerprint density at radius 3 is 2.67 bits per heavy atom. The van der Waals surface area contributed by atoms with Crippen molar-refractivity contribution >= 4 is 5.96 Å². The zero-order chi connectivity index (χ0) is 22.9. The van der Waals surface area contributed by atoms with Crippen LogP contribution in [0.5, 0.6) is 5.75 Å². The van der Waals surface area contributed by atoms with Crippen LogP contribution < -0.4 is 15.4 Å². The van der Waals surface area contributed by atoms with E-state index in [4.69, 9.17) is 9.47 Å². The van der Waals surface area contributed by atoms with E-state index in [1.54, 1.807) is 13.2 Å². The summed E-state index contributed by atoms with van der Waals surface area (Å²) in [6.45, 7) is 5.55. The van der Waals surface area contributed by atoms with Gasteiger partial charge in [0.15, 0.2) is 5.96 Å². The predicted molar refractivity (Wildman–Crippen MR) is 130 cm³/mol. The van der Waals surface area contributed by atoms with Crippen molar-refractivity contribution in [2.24, 2.45) is 4.99 Å². The van der Waals surface area contributed by atoms with Crippen molar-refractivity contribution in [3.05, 3.63) is 83.2 Å². The molecule has 1 aliphatic heterocycles. The molecule has 3 aromatic rings. The van der Waals surface area contributed by atoms with Crippen LogP contribution in [0.15, 0.2) is 65.9 Å². The highest BCUT2D eigenvalue weighted by atomic mass is 16.5. The van der Waals surface area contributed by atoms with E-state index in [0.29, 0.717) is 19.7 Å². The van der Waals surface area contributed by atoms with Crippen LogP contribution in [-0.2, 0) is 24.4 Å². The largest absolute Gasteiger partial charge is 0.491 e. The maximum absolute atomic E-state index is 6.13. The van der Waals surface area contributed by atoms with Crippen molar-refractivity contribution in [3.8, 4) is 5.75 Å². The monoisotopic (exact) mass is 447 g/mol. The van der Waals surface area contributed by atoms with Gasteiger partial charge in [-0.2, -0.15) is 5.10 Å². The number of hydrogen-bond acceptors (Lipinski definition) is 4. The summed E-state index contributed by atoms with van der Waals surface area (Å²) >= 11 is 0. The molecule has 1 saturated heterocycles. The second-order valence-electron chi connectivity index (χ2n) is 8.31. The van der Waals surface area contributed by atoms with Crippen molar-refractivity contribution in [3.63, 3.8) is 0 Å². The van der Waals surface area contributed by atoms with Gasteiger partial charge in [0.2, 0.25) is 0 Å². The first-order chi connectivity index (χ1) is 16.2. The van der Waals surface area contributed by atoms with E-state index in [0.717, 1.165) is 43.3 Å². The molecule has 0 aliphatic carbocycles. The molecule has 33 heavy (non-hydrogen) atoms. The predicted octanol–water partition coefficient (Wildman–Crippen LogP) is 3.66. The molecule has 2 N–H and O–H groups in total. The van der Waals surface area contributed by atoms with Crippen LogP contribution in [0.3, 0.4) is 0 Å². The van der Waals surface area contributed by atoms with E-state index in [9.17, 15) is 0 Å². The number of rotatable bonds is 9. The number of nitrogens with one attached hydrogen (secondary N) is 2. The molecule has 1 atom stereocenters. The van der Waals surface area contributed by atoms with Gasteiger partial charge in [0.05, 0.1) is 12.6 Å². The van der Waals surface area contributed by atoms with Crippen LogP contribution in [-0.4, -0.2) is 42.1 Å². The number of aryl methyl sites for hydroxylation is 1. The van der Waals surface area contributed by atoms with Gasteiger partial charge in [-0.3, -0.25) is 9.67 Å². The maximum atomic E-state index is 6.13. The Morgan fingerprint density at radius 2 is 1.94 bits per heavy atom. The molecule has 1 aliphatic rings. The average Bonchev–Trinajstić information content (AvgIpc) is 3.54. The third-order valence-electron chi connectivity index (χ3n) is 5.80. The normalized spacial score (nSPS) is 16.1. The minimum absolute atomic E-state index is 0.197. The van der Waals surface area contributed by atoms with Gasteiger partial charge in [-0.1, -0.05) is 36.4 Å². The molecule has 7 nitrogen and oxygen atoms in total. The quantitative estimate of drug-likeness (QED) is 0.387. The standard InChI is InChI=1S/C26H33N5O2/c1-20-10-11-22(25(15-20)33-19-24-9-5-14-32-24)17-29-26(27-2)28-16-21-7-3-4-8-23(21)18-31-13-6-12-30-31/h3-4,6-8,10-13,15,24H,5,9,14,16-19H2,1-2H3,(H2,27,28,29). The summed E-state index contributed by atoms with van der Waals surface area (Å²) < 4.78 is 13.8. The summed E-state index contributed by atoms with van der Waals surface area (Å²) in [7, 11) is 1.79. The number of aliphatic imine (C=N–C) groups is 1. The zero-order valence-electron chi connectivity index (χ0n) is 19.5. The lowest BCUT2D eigenvalue weighted by atomic mass is 10.1. The number of aromatic nitrogens is 2. The molecule has 7 heteroatoms. The highest BCUT2D eigenvalue weighted by molar-refractivity contribution is 5.79. The summed E-state index contributed by atoms with van der Waals surface area (Å²) in [5, 5.41) is 11.2. The van der Waals surface area contributed by atoms with E-state index in [2.05, 4.69) is 70.1 Å². The SMILES string of the molecule is CN=C(NCc1ccccc1Cn1cccn1)NCc1ccc(C)cc1OCC1CCCO1. The lowest BCUT2D eigenvalue weighted by molar-refractivity contribution is 0.0676. The Morgan fingerprint density at radius 1 is 1.12 bits per heavy atom. The molecule has 0 amide bonds. The first-order valence-corrected chi connectivity index (χ1v) is 11.5. The second-order valence-corrected chi connectivity index (χ2v) is 8.31. The van der Waals surface area contributed by atoms with Gasteiger partial charge in [0.25, 0.3) is 0 Å². The summed E-state index contributed by atoms with van der Waals surface area (Å²) in [6.07, 6.45) is 6.16. The van der Waals surface area contributed by atoms with Crippen molar-refractivity contribution in [2.75, 3.05) is 20.3 Å². The van der Waals surface area contributed by atoms with Gasteiger partial charge in [0, 0.05) is 44.7 Å². The van der Waals surface area contributed by atoms with Gasteiger partial charge >= 0.3 is 0 Å². The number of nitrogens with zero attached hydrogens (tertiary/aromatic N) is 3. The van der Waals surface area contributed by atoms with Crippen molar-refractivity contribution in [1.29, 1.82) is 0 Å². The van der Waals surface area contributed by atoms with Crippen molar-refractivity contribution in [2.45, 2.75) is 45.5 Å². The molecule has 0 spiro atoms. The van der Waals surface area contributed by atoms with Crippen LogP contribution in [0.4, 0.5) is 0 Å². The molecule has 2 heterocycles. The average molecular weight is 448 g/mol. The van der Waals surface area contributed by atoms with Crippen molar-refractivity contribution < 1.29 is 9.47 Å². The fraction of sp³-hybridized carbons (Fsp3) is 0.385. The molecule has 1 unspecified atom stereocenters.